The Kier molecular flexibility index (Phi) is 8.70. The van der Waals surface area contributed by atoms with Crippen molar-refractivity contribution in [1.82, 2.24) is 4.90 Å². The summed E-state index contributed by atoms with van der Waals surface area (Å²) in [4.78, 5) is 14.4. The predicted octanol–water partition coefficient (Wildman–Crippen LogP) is 5.39. The molecule has 0 N–H and O–H groups in total. The van der Waals surface area contributed by atoms with E-state index in [4.69, 9.17) is 4.74 Å². The van der Waals surface area contributed by atoms with Crippen LogP contribution in [-0.4, -0.2) is 23.0 Å². The summed E-state index contributed by atoms with van der Waals surface area (Å²) in [6.07, 6.45) is 3.37. The molecule has 0 amide bonds. The third-order valence-electron chi connectivity index (χ3n) is 4.78. The lowest BCUT2D eigenvalue weighted by Gasteiger charge is -2.39. The molecule has 3 nitrogen and oxygen atoms in total. The van der Waals surface area contributed by atoms with Gasteiger partial charge in [0.25, 0.3) is 0 Å². The van der Waals surface area contributed by atoms with Crippen molar-refractivity contribution in [3.05, 3.63) is 97.1 Å². The van der Waals surface area contributed by atoms with E-state index in [2.05, 4.69) is 80.4 Å². The smallest absolute Gasteiger partial charge is 0.330 e. The Hall–Kier alpha value is -2.65. The second-order valence-electron chi connectivity index (χ2n) is 7.31. The first-order valence-corrected chi connectivity index (χ1v) is 9.81. The van der Waals surface area contributed by atoms with Crippen LogP contribution in [0.1, 0.15) is 31.4 Å². The summed E-state index contributed by atoms with van der Waals surface area (Å²) in [5.41, 5.74) is 2.47. The van der Waals surface area contributed by atoms with Crippen LogP contribution < -0.4 is 0 Å². The summed E-state index contributed by atoms with van der Waals surface area (Å²) in [7, 11) is 0. The molecule has 0 aromatic heterocycles. The van der Waals surface area contributed by atoms with Crippen molar-refractivity contribution < 1.29 is 9.53 Å². The third kappa shape index (κ3) is 6.50. The van der Waals surface area contributed by atoms with Crippen LogP contribution >= 0.6 is 0 Å². The highest BCUT2D eigenvalue weighted by Gasteiger charge is 2.32. The van der Waals surface area contributed by atoms with Crippen molar-refractivity contribution in [2.75, 3.05) is 0 Å². The molecule has 148 valence electrons. The maximum Gasteiger partial charge on any atom is 0.330 e. The molecule has 1 unspecified atom stereocenters. The Morgan fingerprint density at radius 1 is 0.964 bits per heavy atom. The molecule has 0 saturated carbocycles. The van der Waals surface area contributed by atoms with Crippen molar-refractivity contribution in [2.45, 2.75) is 45.5 Å². The largest absolute Gasteiger partial charge is 0.457 e. The standard InChI is InChI=1S/C25H31NO2/c1-5-13-23(28-24(27)6-2)25(20(3)4)26(18-21-14-9-7-10-15-21)19-22-16-11-8-12-17-22/h5-12,14-17,20,23,25H,1-2,13,18-19H2,3-4H3/t23?,25-/m1/s1. The van der Waals surface area contributed by atoms with Gasteiger partial charge in [-0.1, -0.05) is 87.2 Å². The fourth-order valence-corrected chi connectivity index (χ4v) is 3.61. The van der Waals surface area contributed by atoms with E-state index >= 15 is 0 Å². The lowest BCUT2D eigenvalue weighted by molar-refractivity contribution is -0.148. The van der Waals surface area contributed by atoms with E-state index in [1.54, 1.807) is 0 Å². The molecule has 3 heteroatoms. The minimum Gasteiger partial charge on any atom is -0.457 e. The van der Waals surface area contributed by atoms with Crippen molar-refractivity contribution in [3.8, 4) is 0 Å². The van der Waals surface area contributed by atoms with Crippen molar-refractivity contribution >= 4 is 5.97 Å². The molecule has 0 aliphatic rings. The summed E-state index contributed by atoms with van der Waals surface area (Å²) >= 11 is 0. The number of esters is 1. The second-order valence-corrected chi connectivity index (χ2v) is 7.31. The molecule has 0 spiro atoms. The van der Waals surface area contributed by atoms with Gasteiger partial charge in [0.15, 0.2) is 0 Å². The molecule has 0 heterocycles. The molecular formula is C25H31NO2. The maximum absolute atomic E-state index is 12.0. The molecule has 2 atom stereocenters. The Bertz CT molecular complexity index is 698. The van der Waals surface area contributed by atoms with Gasteiger partial charge < -0.3 is 4.74 Å². The summed E-state index contributed by atoms with van der Waals surface area (Å²) in [5, 5.41) is 0. The fourth-order valence-electron chi connectivity index (χ4n) is 3.61. The van der Waals surface area contributed by atoms with E-state index in [0.717, 1.165) is 13.1 Å². The van der Waals surface area contributed by atoms with Crippen LogP contribution in [0.25, 0.3) is 0 Å². The van der Waals surface area contributed by atoms with E-state index in [1.807, 2.05) is 18.2 Å². The SMILES string of the molecule is C=CCC(OC(=O)C=C)[C@@H](C(C)C)N(Cc1ccccc1)Cc1ccccc1. The van der Waals surface area contributed by atoms with Gasteiger partial charge in [-0.25, -0.2) is 4.79 Å². The monoisotopic (exact) mass is 377 g/mol. The molecule has 0 radical (unpaired) electrons. The van der Waals surface area contributed by atoms with Gasteiger partial charge >= 0.3 is 5.97 Å². The van der Waals surface area contributed by atoms with Crippen molar-refractivity contribution in [2.24, 2.45) is 5.92 Å². The Morgan fingerprint density at radius 2 is 1.46 bits per heavy atom. The summed E-state index contributed by atoms with van der Waals surface area (Å²) in [6.45, 7) is 13.3. The lowest BCUT2D eigenvalue weighted by atomic mass is 9.93. The highest BCUT2D eigenvalue weighted by Crippen LogP contribution is 2.25. The van der Waals surface area contributed by atoms with E-state index in [9.17, 15) is 4.79 Å². The second kappa shape index (κ2) is 11.3. The summed E-state index contributed by atoms with van der Waals surface area (Å²) in [6, 6.07) is 20.8. The summed E-state index contributed by atoms with van der Waals surface area (Å²) < 4.78 is 5.75. The molecule has 2 aromatic rings. The first-order valence-electron chi connectivity index (χ1n) is 9.81. The zero-order valence-electron chi connectivity index (χ0n) is 17.0. The normalized spacial score (nSPS) is 13.1. The zero-order chi connectivity index (χ0) is 20.4. The number of hydrogen-bond donors (Lipinski definition) is 0. The highest BCUT2D eigenvalue weighted by atomic mass is 16.5. The van der Waals surface area contributed by atoms with Gasteiger partial charge in [-0.3, -0.25) is 4.90 Å². The van der Waals surface area contributed by atoms with Gasteiger partial charge in [0.1, 0.15) is 6.10 Å². The number of rotatable bonds is 11. The third-order valence-corrected chi connectivity index (χ3v) is 4.78. The van der Waals surface area contributed by atoms with Crippen LogP contribution in [0.5, 0.6) is 0 Å². The van der Waals surface area contributed by atoms with Gasteiger partial charge in [-0.05, 0) is 17.0 Å². The number of nitrogens with zero attached hydrogens (tertiary/aromatic N) is 1. The van der Waals surface area contributed by atoms with Crippen molar-refractivity contribution in [3.63, 3.8) is 0 Å². The predicted molar refractivity (Wildman–Crippen MR) is 116 cm³/mol. The number of benzene rings is 2. The Balaban J connectivity index is 2.36. The molecule has 0 aliphatic heterocycles. The van der Waals surface area contributed by atoms with E-state index < -0.39 is 5.97 Å². The van der Waals surface area contributed by atoms with Crippen LogP contribution in [0.3, 0.4) is 0 Å². The first kappa shape index (κ1) is 21.6. The molecule has 0 fully saturated rings. The van der Waals surface area contributed by atoms with Gasteiger partial charge in [0, 0.05) is 31.6 Å². The van der Waals surface area contributed by atoms with Crippen LogP contribution in [0.4, 0.5) is 0 Å². The number of hydrogen-bond acceptors (Lipinski definition) is 3. The zero-order valence-corrected chi connectivity index (χ0v) is 17.0. The number of carbonyl (C=O) groups is 1. The minimum atomic E-state index is -0.392. The number of ether oxygens (including phenoxy) is 1. The van der Waals surface area contributed by atoms with Crippen LogP contribution in [-0.2, 0) is 22.6 Å². The topological polar surface area (TPSA) is 29.5 Å². The average Bonchev–Trinajstić information content (AvgIpc) is 2.69. The Morgan fingerprint density at radius 3 is 1.86 bits per heavy atom. The van der Waals surface area contributed by atoms with Crippen LogP contribution in [0.15, 0.2) is 86.0 Å². The van der Waals surface area contributed by atoms with E-state index in [-0.39, 0.29) is 18.1 Å². The summed E-state index contributed by atoms with van der Waals surface area (Å²) in [5.74, 6) is -0.105. The van der Waals surface area contributed by atoms with E-state index in [1.165, 1.54) is 17.2 Å². The van der Waals surface area contributed by atoms with Gasteiger partial charge in [0.2, 0.25) is 0 Å². The molecule has 2 rings (SSSR count). The molecule has 28 heavy (non-hydrogen) atoms. The first-order chi connectivity index (χ1) is 13.5. The van der Waals surface area contributed by atoms with E-state index in [0.29, 0.717) is 6.42 Å². The molecule has 0 saturated heterocycles. The Labute approximate surface area is 169 Å². The van der Waals surface area contributed by atoms with Crippen LogP contribution in [0, 0.1) is 5.92 Å². The van der Waals surface area contributed by atoms with Crippen LogP contribution in [0.2, 0.25) is 0 Å². The molecule has 0 aliphatic carbocycles. The van der Waals surface area contributed by atoms with Gasteiger partial charge in [-0.15, -0.1) is 6.58 Å². The number of carbonyl (C=O) groups excluding carboxylic acids is 1. The van der Waals surface area contributed by atoms with Gasteiger partial charge in [0.05, 0.1) is 0 Å². The van der Waals surface area contributed by atoms with Gasteiger partial charge in [-0.2, -0.15) is 0 Å². The quantitative estimate of drug-likeness (QED) is 0.299. The lowest BCUT2D eigenvalue weighted by Crippen LogP contribution is -2.47. The molecule has 0 bridgehead atoms. The minimum absolute atomic E-state index is 0.0438. The average molecular weight is 378 g/mol. The fraction of sp³-hybridized carbons (Fsp3) is 0.320. The maximum atomic E-state index is 12.0. The molecular weight excluding hydrogens is 346 g/mol. The van der Waals surface area contributed by atoms with Crippen molar-refractivity contribution in [1.29, 1.82) is 0 Å². The molecule has 2 aromatic carbocycles. The highest BCUT2D eigenvalue weighted by molar-refractivity contribution is 5.81.